The molecule has 0 fully saturated rings. The zero-order valence-corrected chi connectivity index (χ0v) is 11.2. The smallest absolute Gasteiger partial charge is 0.126 e. The normalized spacial score (nSPS) is 12.7. The number of hydrogen-bond donors (Lipinski definition) is 1. The van der Waals surface area contributed by atoms with Crippen molar-refractivity contribution in [3.8, 4) is 0 Å². The van der Waals surface area contributed by atoms with Crippen molar-refractivity contribution >= 4 is 0 Å². The molecule has 0 aliphatic rings. The predicted molar refractivity (Wildman–Crippen MR) is 71.7 cm³/mol. The fourth-order valence-corrected chi connectivity index (χ4v) is 2.14. The predicted octanol–water partition coefficient (Wildman–Crippen LogP) is 4.37. The number of aryl methyl sites for hydroxylation is 1. The standard InChI is InChI=1S/C15H24FN/c1-4-5-6-7-8-15(17-3)13-9-10-14(16)12(2)11-13/h9-11,15,17H,4-8H2,1-3H3. The van der Waals surface area contributed by atoms with Gasteiger partial charge < -0.3 is 5.32 Å². The van der Waals surface area contributed by atoms with E-state index in [1.54, 1.807) is 6.07 Å². The number of unbranched alkanes of at least 4 members (excludes halogenated alkanes) is 3. The van der Waals surface area contributed by atoms with Crippen molar-refractivity contribution in [1.82, 2.24) is 5.32 Å². The van der Waals surface area contributed by atoms with Gasteiger partial charge in [0.2, 0.25) is 0 Å². The Morgan fingerprint density at radius 1 is 1.24 bits per heavy atom. The van der Waals surface area contributed by atoms with Gasteiger partial charge in [-0.15, -0.1) is 0 Å². The molecule has 0 saturated heterocycles. The van der Waals surface area contributed by atoms with Crippen LogP contribution < -0.4 is 5.32 Å². The Labute approximate surface area is 104 Å². The summed E-state index contributed by atoms with van der Waals surface area (Å²) in [6.07, 6.45) is 6.21. The fourth-order valence-electron chi connectivity index (χ4n) is 2.14. The highest BCUT2D eigenvalue weighted by Gasteiger charge is 2.10. The highest BCUT2D eigenvalue weighted by molar-refractivity contribution is 5.26. The molecule has 96 valence electrons. The number of nitrogens with one attached hydrogen (secondary N) is 1. The van der Waals surface area contributed by atoms with E-state index in [0.29, 0.717) is 6.04 Å². The van der Waals surface area contributed by atoms with Crippen molar-refractivity contribution in [3.05, 3.63) is 35.1 Å². The molecule has 0 aliphatic heterocycles. The van der Waals surface area contributed by atoms with Gasteiger partial charge in [0.25, 0.3) is 0 Å². The average Bonchev–Trinajstić information content (AvgIpc) is 2.33. The van der Waals surface area contributed by atoms with E-state index in [0.717, 1.165) is 12.0 Å². The van der Waals surface area contributed by atoms with Crippen molar-refractivity contribution in [2.45, 2.75) is 52.0 Å². The molecular formula is C15H24FN. The number of benzene rings is 1. The third-order valence-corrected chi connectivity index (χ3v) is 3.28. The van der Waals surface area contributed by atoms with E-state index in [9.17, 15) is 4.39 Å². The first-order chi connectivity index (χ1) is 8.19. The van der Waals surface area contributed by atoms with Crippen LogP contribution in [-0.2, 0) is 0 Å². The van der Waals surface area contributed by atoms with Gasteiger partial charge in [-0.3, -0.25) is 0 Å². The fraction of sp³-hybridized carbons (Fsp3) is 0.600. The van der Waals surface area contributed by atoms with Crippen LogP contribution in [-0.4, -0.2) is 7.05 Å². The molecule has 0 amide bonds. The Bertz CT molecular complexity index is 336. The lowest BCUT2D eigenvalue weighted by molar-refractivity contribution is 0.503. The minimum absolute atomic E-state index is 0.116. The van der Waals surface area contributed by atoms with Gasteiger partial charge in [0.15, 0.2) is 0 Å². The lowest BCUT2D eigenvalue weighted by Crippen LogP contribution is -2.16. The molecule has 1 nitrogen and oxygen atoms in total. The van der Waals surface area contributed by atoms with E-state index >= 15 is 0 Å². The lowest BCUT2D eigenvalue weighted by atomic mass is 9.98. The Kier molecular flexibility index (Phi) is 6.20. The summed E-state index contributed by atoms with van der Waals surface area (Å²) < 4.78 is 13.2. The maximum absolute atomic E-state index is 13.2. The molecule has 1 N–H and O–H groups in total. The van der Waals surface area contributed by atoms with Crippen LogP contribution in [0.4, 0.5) is 4.39 Å². The summed E-state index contributed by atoms with van der Waals surface area (Å²) >= 11 is 0. The second kappa shape index (κ2) is 7.44. The van der Waals surface area contributed by atoms with E-state index < -0.39 is 0 Å². The Hall–Kier alpha value is -0.890. The lowest BCUT2D eigenvalue weighted by Gasteiger charge is -2.17. The van der Waals surface area contributed by atoms with Crippen LogP contribution in [0.3, 0.4) is 0 Å². The van der Waals surface area contributed by atoms with E-state index in [1.165, 1.54) is 31.2 Å². The van der Waals surface area contributed by atoms with Crippen LogP contribution in [0.1, 0.15) is 56.2 Å². The van der Waals surface area contributed by atoms with Crippen LogP contribution in [0.25, 0.3) is 0 Å². The molecule has 0 aromatic heterocycles. The summed E-state index contributed by atoms with van der Waals surface area (Å²) in [5.41, 5.74) is 1.93. The highest BCUT2D eigenvalue weighted by atomic mass is 19.1. The van der Waals surface area contributed by atoms with Gasteiger partial charge in [-0.1, -0.05) is 44.7 Å². The van der Waals surface area contributed by atoms with Gasteiger partial charge in [0.05, 0.1) is 0 Å². The maximum Gasteiger partial charge on any atom is 0.126 e. The van der Waals surface area contributed by atoms with Crippen molar-refractivity contribution in [3.63, 3.8) is 0 Å². The number of halogens is 1. The molecule has 2 heteroatoms. The number of rotatable bonds is 7. The van der Waals surface area contributed by atoms with Crippen LogP contribution in [0.5, 0.6) is 0 Å². The largest absolute Gasteiger partial charge is 0.313 e. The molecule has 1 aromatic rings. The highest BCUT2D eigenvalue weighted by Crippen LogP contribution is 2.21. The Morgan fingerprint density at radius 3 is 2.59 bits per heavy atom. The van der Waals surface area contributed by atoms with Gasteiger partial charge >= 0.3 is 0 Å². The first-order valence-electron chi connectivity index (χ1n) is 6.62. The Balaban J connectivity index is 2.56. The molecule has 1 rings (SSSR count). The third kappa shape index (κ3) is 4.47. The van der Waals surface area contributed by atoms with Crippen LogP contribution in [0.2, 0.25) is 0 Å². The third-order valence-electron chi connectivity index (χ3n) is 3.28. The van der Waals surface area contributed by atoms with Gasteiger partial charge in [0, 0.05) is 6.04 Å². The zero-order chi connectivity index (χ0) is 12.7. The molecule has 1 aromatic carbocycles. The molecule has 1 unspecified atom stereocenters. The molecule has 0 bridgehead atoms. The first kappa shape index (κ1) is 14.2. The SMILES string of the molecule is CCCCCCC(NC)c1ccc(F)c(C)c1. The summed E-state index contributed by atoms with van der Waals surface area (Å²) in [5, 5.41) is 3.32. The number of hydrogen-bond acceptors (Lipinski definition) is 1. The average molecular weight is 237 g/mol. The maximum atomic E-state index is 13.2. The summed E-state index contributed by atoms with van der Waals surface area (Å²) in [4.78, 5) is 0. The van der Waals surface area contributed by atoms with Crippen molar-refractivity contribution in [2.75, 3.05) is 7.05 Å². The van der Waals surface area contributed by atoms with Crippen LogP contribution in [0, 0.1) is 12.7 Å². The molecule has 0 spiro atoms. The zero-order valence-electron chi connectivity index (χ0n) is 11.2. The Morgan fingerprint density at radius 2 is 2.00 bits per heavy atom. The minimum Gasteiger partial charge on any atom is -0.313 e. The van der Waals surface area contributed by atoms with Crippen LogP contribution in [0.15, 0.2) is 18.2 Å². The second-order valence-electron chi connectivity index (χ2n) is 4.70. The molecule has 17 heavy (non-hydrogen) atoms. The topological polar surface area (TPSA) is 12.0 Å². The van der Waals surface area contributed by atoms with Gasteiger partial charge in [-0.2, -0.15) is 0 Å². The molecule has 0 radical (unpaired) electrons. The summed E-state index contributed by atoms with van der Waals surface area (Å²) in [7, 11) is 1.98. The summed E-state index contributed by atoms with van der Waals surface area (Å²) in [6.45, 7) is 4.04. The monoisotopic (exact) mass is 237 g/mol. The molecule has 0 saturated carbocycles. The second-order valence-corrected chi connectivity index (χ2v) is 4.70. The molecule has 0 heterocycles. The van der Waals surface area contributed by atoms with Crippen molar-refractivity contribution in [1.29, 1.82) is 0 Å². The molecular weight excluding hydrogens is 213 g/mol. The summed E-state index contributed by atoms with van der Waals surface area (Å²) in [5.74, 6) is -0.116. The van der Waals surface area contributed by atoms with Gasteiger partial charge in [-0.25, -0.2) is 4.39 Å². The molecule has 0 aliphatic carbocycles. The van der Waals surface area contributed by atoms with Crippen LogP contribution >= 0.6 is 0 Å². The van der Waals surface area contributed by atoms with E-state index in [1.807, 2.05) is 26.1 Å². The van der Waals surface area contributed by atoms with E-state index in [4.69, 9.17) is 0 Å². The van der Waals surface area contributed by atoms with Crippen molar-refractivity contribution < 1.29 is 4.39 Å². The quantitative estimate of drug-likeness (QED) is 0.695. The first-order valence-corrected chi connectivity index (χ1v) is 6.62. The van der Waals surface area contributed by atoms with Gasteiger partial charge in [-0.05, 0) is 37.6 Å². The van der Waals surface area contributed by atoms with Gasteiger partial charge in [0.1, 0.15) is 5.82 Å². The van der Waals surface area contributed by atoms with Crippen molar-refractivity contribution in [2.24, 2.45) is 0 Å². The van der Waals surface area contributed by atoms with E-state index in [-0.39, 0.29) is 5.82 Å². The minimum atomic E-state index is -0.116. The molecule has 1 atom stereocenters. The summed E-state index contributed by atoms with van der Waals surface area (Å²) in [6, 6.07) is 5.77. The van der Waals surface area contributed by atoms with E-state index in [2.05, 4.69) is 12.2 Å².